The summed E-state index contributed by atoms with van der Waals surface area (Å²) in [6.07, 6.45) is 3.54. The lowest BCUT2D eigenvalue weighted by atomic mass is 10.0. The quantitative estimate of drug-likeness (QED) is 0.390. The summed E-state index contributed by atoms with van der Waals surface area (Å²) in [6, 6.07) is 5.75. The number of rotatable bonds is 10. The number of ether oxygens (including phenoxy) is 3. The van der Waals surface area contributed by atoms with E-state index in [0.717, 1.165) is 31.7 Å². The third kappa shape index (κ3) is 5.30. The number of nitrogens with one attached hydrogen (secondary N) is 1. The van der Waals surface area contributed by atoms with Crippen LogP contribution in [0.25, 0.3) is 0 Å². The summed E-state index contributed by atoms with van der Waals surface area (Å²) in [5.74, 6) is 1.89. The molecule has 0 spiro atoms. The average Bonchev–Trinajstić information content (AvgIpc) is 3.38. The largest absolute Gasteiger partial charge is 0.493 e. The van der Waals surface area contributed by atoms with Crippen LogP contribution >= 0.6 is 0 Å². The zero-order chi connectivity index (χ0) is 17.4. The van der Waals surface area contributed by atoms with Gasteiger partial charge in [0, 0.05) is 19.8 Å². The molecule has 1 aliphatic carbocycles. The van der Waals surface area contributed by atoms with E-state index in [1.54, 1.807) is 14.2 Å². The molecule has 1 aliphatic rings. The van der Waals surface area contributed by atoms with Crippen molar-refractivity contribution in [3.63, 3.8) is 0 Å². The van der Waals surface area contributed by atoms with Gasteiger partial charge in [-0.05, 0) is 49.3 Å². The molecule has 1 saturated carbocycles. The molecule has 6 heteroatoms. The van der Waals surface area contributed by atoms with Crippen LogP contribution in [0.2, 0.25) is 0 Å². The van der Waals surface area contributed by atoms with E-state index < -0.39 is 0 Å². The molecule has 0 aliphatic heterocycles. The molecule has 0 saturated heterocycles. The highest BCUT2D eigenvalue weighted by atomic mass is 16.5. The molecule has 0 radical (unpaired) electrons. The molecule has 1 fully saturated rings. The molecule has 0 atom stereocenters. The zero-order valence-corrected chi connectivity index (χ0v) is 14.9. The average molecular weight is 335 g/mol. The Labute approximate surface area is 144 Å². The van der Waals surface area contributed by atoms with Gasteiger partial charge in [0.05, 0.1) is 20.8 Å². The van der Waals surface area contributed by atoms with E-state index >= 15 is 0 Å². The standard InChI is InChI=1S/C18H29N3O3/c1-4-24-10-9-18(7-8-18)13-21-17(19)20-12-14-5-6-15(22-2)16(11-14)23-3/h5-6,11H,4,7-10,12-13H2,1-3H3,(H3,19,20,21). The third-order valence-corrected chi connectivity index (χ3v) is 4.46. The smallest absolute Gasteiger partial charge is 0.188 e. The molecular weight excluding hydrogens is 306 g/mol. The van der Waals surface area contributed by atoms with Crippen molar-refractivity contribution in [1.29, 1.82) is 0 Å². The third-order valence-electron chi connectivity index (χ3n) is 4.46. The Morgan fingerprint density at radius 3 is 2.62 bits per heavy atom. The first-order valence-electron chi connectivity index (χ1n) is 8.45. The van der Waals surface area contributed by atoms with Gasteiger partial charge in [-0.3, -0.25) is 0 Å². The van der Waals surface area contributed by atoms with E-state index in [9.17, 15) is 0 Å². The van der Waals surface area contributed by atoms with Crippen molar-refractivity contribution in [3.8, 4) is 11.5 Å². The lowest BCUT2D eigenvalue weighted by Crippen LogP contribution is -2.36. The maximum atomic E-state index is 5.99. The molecule has 24 heavy (non-hydrogen) atoms. The fourth-order valence-electron chi connectivity index (χ4n) is 2.61. The lowest BCUT2D eigenvalue weighted by molar-refractivity contribution is 0.128. The molecule has 0 aromatic heterocycles. The summed E-state index contributed by atoms with van der Waals surface area (Å²) < 4.78 is 16.0. The second-order valence-corrected chi connectivity index (χ2v) is 6.19. The fourth-order valence-corrected chi connectivity index (χ4v) is 2.61. The van der Waals surface area contributed by atoms with Crippen molar-refractivity contribution < 1.29 is 14.2 Å². The summed E-state index contributed by atoms with van der Waals surface area (Å²) >= 11 is 0. The number of methoxy groups -OCH3 is 2. The molecule has 0 amide bonds. The molecule has 6 nitrogen and oxygen atoms in total. The topological polar surface area (TPSA) is 78.1 Å². The molecule has 0 heterocycles. The highest BCUT2D eigenvalue weighted by molar-refractivity contribution is 5.77. The van der Waals surface area contributed by atoms with Gasteiger partial charge in [0.25, 0.3) is 0 Å². The summed E-state index contributed by atoms with van der Waals surface area (Å²) in [6.45, 7) is 4.99. The maximum absolute atomic E-state index is 5.99. The maximum Gasteiger partial charge on any atom is 0.188 e. The van der Waals surface area contributed by atoms with Crippen molar-refractivity contribution >= 4 is 5.96 Å². The van der Waals surface area contributed by atoms with Gasteiger partial charge in [0.2, 0.25) is 0 Å². The van der Waals surface area contributed by atoms with Crippen molar-refractivity contribution in [1.82, 2.24) is 5.32 Å². The predicted molar refractivity (Wildman–Crippen MR) is 95.7 cm³/mol. The van der Waals surface area contributed by atoms with E-state index in [0.29, 0.717) is 29.4 Å². The van der Waals surface area contributed by atoms with Gasteiger partial charge in [-0.25, -0.2) is 4.99 Å². The van der Waals surface area contributed by atoms with E-state index in [1.165, 1.54) is 12.8 Å². The Morgan fingerprint density at radius 2 is 2.00 bits per heavy atom. The lowest BCUT2D eigenvalue weighted by Gasteiger charge is -2.16. The Balaban J connectivity index is 1.81. The Hall–Kier alpha value is -1.95. The summed E-state index contributed by atoms with van der Waals surface area (Å²) in [7, 11) is 3.25. The molecule has 0 unspecified atom stereocenters. The molecule has 0 bridgehead atoms. The van der Waals surface area contributed by atoms with Crippen LogP contribution in [0.1, 0.15) is 31.7 Å². The van der Waals surface area contributed by atoms with Gasteiger partial charge in [-0.2, -0.15) is 0 Å². The minimum atomic E-state index is 0.346. The van der Waals surface area contributed by atoms with Crippen LogP contribution in [-0.4, -0.2) is 39.9 Å². The minimum absolute atomic E-state index is 0.346. The summed E-state index contributed by atoms with van der Waals surface area (Å²) in [5, 5.41) is 3.25. The van der Waals surface area contributed by atoms with E-state index in [2.05, 4.69) is 10.3 Å². The van der Waals surface area contributed by atoms with Crippen LogP contribution in [0, 0.1) is 5.41 Å². The van der Waals surface area contributed by atoms with Crippen molar-refractivity contribution in [3.05, 3.63) is 23.8 Å². The van der Waals surface area contributed by atoms with E-state index in [-0.39, 0.29) is 0 Å². The van der Waals surface area contributed by atoms with Crippen LogP contribution in [0.4, 0.5) is 0 Å². The summed E-state index contributed by atoms with van der Waals surface area (Å²) in [4.78, 5) is 4.41. The van der Waals surface area contributed by atoms with Crippen LogP contribution in [0.3, 0.4) is 0 Å². The molecular formula is C18H29N3O3. The number of hydrogen-bond donors (Lipinski definition) is 2. The monoisotopic (exact) mass is 335 g/mol. The first-order chi connectivity index (χ1) is 11.6. The number of nitrogens with zero attached hydrogens (tertiary/aromatic N) is 1. The second-order valence-electron chi connectivity index (χ2n) is 6.19. The zero-order valence-electron chi connectivity index (χ0n) is 14.9. The van der Waals surface area contributed by atoms with Crippen LogP contribution in [0.15, 0.2) is 23.2 Å². The number of aliphatic imine (C=N–C) groups is 1. The minimum Gasteiger partial charge on any atom is -0.493 e. The van der Waals surface area contributed by atoms with Gasteiger partial charge < -0.3 is 25.3 Å². The van der Waals surface area contributed by atoms with Crippen LogP contribution in [-0.2, 0) is 11.3 Å². The molecule has 2 rings (SSSR count). The molecule has 1 aromatic rings. The van der Waals surface area contributed by atoms with E-state index in [4.69, 9.17) is 19.9 Å². The van der Waals surface area contributed by atoms with Crippen molar-refractivity contribution in [2.45, 2.75) is 32.7 Å². The number of guanidine groups is 1. The van der Waals surface area contributed by atoms with Gasteiger partial charge in [-0.15, -0.1) is 0 Å². The first-order valence-corrected chi connectivity index (χ1v) is 8.45. The summed E-state index contributed by atoms with van der Waals surface area (Å²) in [5.41, 5.74) is 7.36. The number of benzene rings is 1. The normalized spacial score (nSPS) is 15.9. The first kappa shape index (κ1) is 18.4. The van der Waals surface area contributed by atoms with Crippen molar-refractivity contribution in [2.75, 3.05) is 34.0 Å². The number of nitrogens with two attached hydrogens (primary N) is 1. The van der Waals surface area contributed by atoms with Gasteiger partial charge in [-0.1, -0.05) is 6.07 Å². The van der Waals surface area contributed by atoms with Crippen LogP contribution in [0.5, 0.6) is 11.5 Å². The van der Waals surface area contributed by atoms with Gasteiger partial charge >= 0.3 is 0 Å². The predicted octanol–water partition coefficient (Wildman–Crippen LogP) is 2.31. The highest BCUT2D eigenvalue weighted by Crippen LogP contribution is 2.48. The number of hydrogen-bond acceptors (Lipinski definition) is 4. The fraction of sp³-hybridized carbons (Fsp3) is 0.611. The van der Waals surface area contributed by atoms with Crippen molar-refractivity contribution in [2.24, 2.45) is 16.1 Å². The Kier molecular flexibility index (Phi) is 6.73. The Morgan fingerprint density at radius 1 is 1.25 bits per heavy atom. The van der Waals surface area contributed by atoms with Gasteiger partial charge in [0.15, 0.2) is 17.5 Å². The van der Waals surface area contributed by atoms with Gasteiger partial charge in [0.1, 0.15) is 0 Å². The van der Waals surface area contributed by atoms with E-state index in [1.807, 2.05) is 25.1 Å². The second kappa shape index (κ2) is 8.78. The molecule has 134 valence electrons. The Bertz CT molecular complexity index is 556. The van der Waals surface area contributed by atoms with Crippen LogP contribution < -0.4 is 20.5 Å². The molecule has 3 N–H and O–H groups in total. The SMILES string of the molecule is CCOCCC1(CNC(N)=NCc2ccc(OC)c(OC)c2)CC1. The molecule has 1 aromatic carbocycles. The highest BCUT2D eigenvalue weighted by Gasteiger charge is 2.41.